The van der Waals surface area contributed by atoms with Crippen molar-refractivity contribution in [2.24, 2.45) is 0 Å². The molecule has 0 aromatic carbocycles. The van der Waals surface area contributed by atoms with E-state index in [-0.39, 0.29) is 16.4 Å². The van der Waals surface area contributed by atoms with Crippen LogP contribution in [0.2, 0.25) is 5.15 Å². The van der Waals surface area contributed by atoms with Crippen LogP contribution in [0.25, 0.3) is 0 Å². The van der Waals surface area contributed by atoms with E-state index in [4.69, 9.17) is 16.7 Å². The number of carbonyl (C=O) groups is 1. The standard InChI is InChI=1S/C8H6ClF2NO3/c9-6-5(7(13)14)2-1-4(12-6)3-15-8(10)11/h1-2,8H,3H2,(H,13,14). The van der Waals surface area contributed by atoms with Gasteiger partial charge in [-0.2, -0.15) is 8.78 Å². The second-order valence-electron chi connectivity index (χ2n) is 2.52. The SMILES string of the molecule is O=C(O)c1ccc(COC(F)F)nc1Cl. The summed E-state index contributed by atoms with van der Waals surface area (Å²) in [5.41, 5.74) is -0.0391. The average molecular weight is 238 g/mol. The first kappa shape index (κ1) is 11.8. The maximum Gasteiger partial charge on any atom is 0.345 e. The minimum absolute atomic E-state index is 0.144. The highest BCUT2D eigenvalue weighted by Crippen LogP contribution is 2.14. The summed E-state index contributed by atoms with van der Waals surface area (Å²) in [5.74, 6) is -1.23. The average Bonchev–Trinajstić information content (AvgIpc) is 2.14. The molecule has 0 saturated heterocycles. The number of hydrogen-bond acceptors (Lipinski definition) is 3. The number of ether oxygens (including phenoxy) is 1. The lowest BCUT2D eigenvalue weighted by Gasteiger charge is -2.03. The highest BCUT2D eigenvalue weighted by atomic mass is 35.5. The quantitative estimate of drug-likeness (QED) is 0.816. The van der Waals surface area contributed by atoms with Crippen molar-refractivity contribution in [1.29, 1.82) is 0 Å². The molecule has 0 fully saturated rings. The van der Waals surface area contributed by atoms with Crippen molar-refractivity contribution in [2.75, 3.05) is 0 Å². The predicted octanol–water partition coefficient (Wildman–Crippen LogP) is 2.17. The smallest absolute Gasteiger partial charge is 0.345 e. The first-order chi connectivity index (χ1) is 7.00. The van der Waals surface area contributed by atoms with Gasteiger partial charge < -0.3 is 9.84 Å². The molecule has 0 aliphatic carbocycles. The Morgan fingerprint density at radius 3 is 2.73 bits per heavy atom. The van der Waals surface area contributed by atoms with Crippen molar-refractivity contribution in [3.63, 3.8) is 0 Å². The minimum Gasteiger partial charge on any atom is -0.478 e. The third-order valence-electron chi connectivity index (χ3n) is 1.49. The molecular weight excluding hydrogens is 232 g/mol. The van der Waals surface area contributed by atoms with Crippen LogP contribution in [0.4, 0.5) is 8.78 Å². The lowest BCUT2D eigenvalue weighted by atomic mass is 10.2. The van der Waals surface area contributed by atoms with E-state index in [9.17, 15) is 13.6 Å². The Balaban J connectivity index is 2.78. The molecule has 0 spiro atoms. The van der Waals surface area contributed by atoms with Crippen molar-refractivity contribution in [2.45, 2.75) is 13.2 Å². The van der Waals surface area contributed by atoms with Gasteiger partial charge in [-0.3, -0.25) is 0 Å². The van der Waals surface area contributed by atoms with Crippen LogP contribution < -0.4 is 0 Å². The van der Waals surface area contributed by atoms with Gasteiger partial charge in [-0.25, -0.2) is 9.78 Å². The summed E-state index contributed by atoms with van der Waals surface area (Å²) in [4.78, 5) is 14.1. The number of hydrogen-bond donors (Lipinski definition) is 1. The lowest BCUT2D eigenvalue weighted by Crippen LogP contribution is -2.04. The Morgan fingerprint density at radius 1 is 1.60 bits per heavy atom. The molecule has 82 valence electrons. The molecule has 1 aromatic rings. The molecule has 0 bridgehead atoms. The van der Waals surface area contributed by atoms with Crippen LogP contribution in [-0.4, -0.2) is 22.7 Å². The molecule has 0 aliphatic heterocycles. The second kappa shape index (κ2) is 4.99. The van der Waals surface area contributed by atoms with E-state index in [1.165, 1.54) is 12.1 Å². The van der Waals surface area contributed by atoms with Crippen LogP contribution in [0, 0.1) is 0 Å². The molecule has 1 heterocycles. The second-order valence-corrected chi connectivity index (χ2v) is 2.88. The lowest BCUT2D eigenvalue weighted by molar-refractivity contribution is -0.137. The molecule has 0 saturated carbocycles. The highest BCUT2D eigenvalue weighted by molar-refractivity contribution is 6.32. The van der Waals surface area contributed by atoms with Crippen LogP contribution in [0.5, 0.6) is 0 Å². The molecule has 0 radical (unpaired) electrons. The molecule has 15 heavy (non-hydrogen) atoms. The zero-order valence-electron chi connectivity index (χ0n) is 7.28. The molecule has 4 nitrogen and oxygen atoms in total. The number of carboxylic acid groups (broad SMARTS) is 1. The van der Waals surface area contributed by atoms with Gasteiger partial charge in [0.25, 0.3) is 0 Å². The van der Waals surface area contributed by atoms with Gasteiger partial charge >= 0.3 is 12.6 Å². The first-order valence-electron chi connectivity index (χ1n) is 3.79. The van der Waals surface area contributed by atoms with Gasteiger partial charge in [-0.05, 0) is 12.1 Å². The number of alkyl halides is 2. The van der Waals surface area contributed by atoms with Crippen LogP contribution in [-0.2, 0) is 11.3 Å². The van der Waals surface area contributed by atoms with E-state index < -0.39 is 19.2 Å². The largest absolute Gasteiger partial charge is 0.478 e. The molecule has 1 N–H and O–H groups in total. The number of pyridine rings is 1. The fourth-order valence-electron chi connectivity index (χ4n) is 0.860. The molecule has 0 aliphatic rings. The number of halogens is 3. The van der Waals surface area contributed by atoms with Gasteiger partial charge in [0, 0.05) is 0 Å². The summed E-state index contributed by atoms with van der Waals surface area (Å²) in [6, 6.07) is 2.44. The predicted molar refractivity (Wildman–Crippen MR) is 47.0 cm³/mol. The summed E-state index contributed by atoms with van der Waals surface area (Å²) in [6.07, 6.45) is 0. The summed E-state index contributed by atoms with van der Waals surface area (Å²) < 4.78 is 27.3. The third-order valence-corrected chi connectivity index (χ3v) is 1.78. The Morgan fingerprint density at radius 2 is 2.27 bits per heavy atom. The van der Waals surface area contributed by atoms with E-state index in [0.29, 0.717) is 0 Å². The van der Waals surface area contributed by atoms with Crippen LogP contribution >= 0.6 is 11.6 Å². The number of carboxylic acids is 1. The van der Waals surface area contributed by atoms with Gasteiger partial charge in [0.1, 0.15) is 5.15 Å². The monoisotopic (exact) mass is 237 g/mol. The Kier molecular flexibility index (Phi) is 3.93. The van der Waals surface area contributed by atoms with Crippen molar-refractivity contribution in [1.82, 2.24) is 4.98 Å². The van der Waals surface area contributed by atoms with Crippen LogP contribution in [0.1, 0.15) is 16.1 Å². The van der Waals surface area contributed by atoms with Gasteiger partial charge in [-0.1, -0.05) is 11.6 Å². The van der Waals surface area contributed by atoms with Crippen LogP contribution in [0.15, 0.2) is 12.1 Å². The van der Waals surface area contributed by atoms with Crippen molar-refractivity contribution in [3.05, 3.63) is 28.5 Å². The Labute approximate surface area is 88.4 Å². The van der Waals surface area contributed by atoms with E-state index in [1.54, 1.807) is 0 Å². The fourth-order valence-corrected chi connectivity index (χ4v) is 1.11. The van der Waals surface area contributed by atoms with E-state index >= 15 is 0 Å². The van der Waals surface area contributed by atoms with Crippen molar-refractivity contribution >= 4 is 17.6 Å². The van der Waals surface area contributed by atoms with Gasteiger partial charge in [0.15, 0.2) is 0 Å². The topological polar surface area (TPSA) is 59.4 Å². The Hall–Kier alpha value is -1.27. The molecule has 7 heteroatoms. The molecule has 0 atom stereocenters. The first-order valence-corrected chi connectivity index (χ1v) is 4.17. The van der Waals surface area contributed by atoms with Gasteiger partial charge in [0.05, 0.1) is 17.9 Å². The van der Waals surface area contributed by atoms with E-state index in [2.05, 4.69) is 9.72 Å². The number of aromatic nitrogens is 1. The van der Waals surface area contributed by atoms with Crippen molar-refractivity contribution in [3.8, 4) is 0 Å². The van der Waals surface area contributed by atoms with E-state index in [0.717, 1.165) is 0 Å². The summed E-state index contributed by atoms with van der Waals surface area (Å²) in [6.45, 7) is -3.32. The summed E-state index contributed by atoms with van der Waals surface area (Å²) >= 11 is 5.50. The zero-order chi connectivity index (χ0) is 11.4. The molecule has 0 amide bonds. The maximum absolute atomic E-state index is 11.7. The molecule has 0 unspecified atom stereocenters. The van der Waals surface area contributed by atoms with Gasteiger partial charge in [0.2, 0.25) is 0 Å². The molecule has 1 rings (SSSR count). The highest BCUT2D eigenvalue weighted by Gasteiger charge is 2.11. The van der Waals surface area contributed by atoms with Crippen molar-refractivity contribution < 1.29 is 23.4 Å². The number of nitrogens with zero attached hydrogens (tertiary/aromatic N) is 1. The minimum atomic E-state index is -2.90. The molecule has 1 aromatic heterocycles. The maximum atomic E-state index is 11.7. The normalized spacial score (nSPS) is 10.7. The third kappa shape index (κ3) is 3.41. The van der Waals surface area contributed by atoms with Crippen LogP contribution in [0.3, 0.4) is 0 Å². The number of rotatable bonds is 4. The Bertz CT molecular complexity index is 373. The fraction of sp³-hybridized carbons (Fsp3) is 0.250. The summed E-state index contributed by atoms with van der Waals surface area (Å²) in [5, 5.41) is 8.35. The molecular formula is C8H6ClF2NO3. The van der Waals surface area contributed by atoms with Gasteiger partial charge in [-0.15, -0.1) is 0 Å². The van der Waals surface area contributed by atoms with E-state index in [1.807, 2.05) is 0 Å². The summed E-state index contributed by atoms with van der Waals surface area (Å²) in [7, 11) is 0. The number of aromatic carboxylic acids is 1. The zero-order valence-corrected chi connectivity index (χ0v) is 8.04.